The third kappa shape index (κ3) is 2.51. The number of carbonyl (C=O) groups excluding carboxylic acids is 2. The van der Waals surface area contributed by atoms with E-state index in [-0.39, 0.29) is 18.2 Å². The molecule has 2 aromatic heterocycles. The lowest BCUT2D eigenvalue weighted by molar-refractivity contribution is -0.182. The molecule has 0 spiro atoms. The Labute approximate surface area is 199 Å². The summed E-state index contributed by atoms with van der Waals surface area (Å²) in [5.74, 6) is -0.655. The lowest BCUT2D eigenvalue weighted by atomic mass is 9.96. The first-order valence-corrected chi connectivity index (χ1v) is 11.7. The van der Waals surface area contributed by atoms with Crippen LogP contribution < -0.4 is 0 Å². The summed E-state index contributed by atoms with van der Waals surface area (Å²) in [5, 5.41) is 24.0. The van der Waals surface area contributed by atoms with E-state index in [4.69, 9.17) is 4.74 Å². The number of nitrogens with one attached hydrogen (secondary N) is 1. The fourth-order valence-electron chi connectivity index (χ4n) is 5.95. The summed E-state index contributed by atoms with van der Waals surface area (Å²) in [5.41, 5.74) is 3.97. The van der Waals surface area contributed by atoms with E-state index in [0.717, 1.165) is 32.8 Å². The molecular weight excluding hydrogens is 446 g/mol. The molecule has 8 heteroatoms. The summed E-state index contributed by atoms with van der Waals surface area (Å²) >= 11 is 0. The average Bonchev–Trinajstić information content (AvgIpc) is 3.47. The minimum atomic E-state index is -0.982. The molecule has 1 fully saturated rings. The number of para-hydroxylation sites is 2. The maximum Gasteiger partial charge on any atom is 0.262 e. The largest absolute Gasteiger partial charge is 0.390 e. The Balaban J connectivity index is 1.72. The Morgan fingerprint density at radius 1 is 0.943 bits per heavy atom. The molecule has 3 aromatic carbocycles. The number of H-pyrrole nitrogens is 1. The van der Waals surface area contributed by atoms with Gasteiger partial charge >= 0.3 is 0 Å². The van der Waals surface area contributed by atoms with Crippen molar-refractivity contribution in [1.29, 1.82) is 0 Å². The fourth-order valence-corrected chi connectivity index (χ4v) is 5.95. The first-order valence-electron chi connectivity index (χ1n) is 11.7. The molecule has 35 heavy (non-hydrogen) atoms. The first kappa shape index (κ1) is 20.6. The summed E-state index contributed by atoms with van der Waals surface area (Å²) in [6.45, 7) is 1.74. The number of rotatable bonds is 1. The maximum atomic E-state index is 13.5. The number of aliphatic hydroxyl groups excluding tert-OH is 2. The van der Waals surface area contributed by atoms with Crippen molar-refractivity contribution in [3.05, 3.63) is 59.7 Å². The zero-order valence-corrected chi connectivity index (χ0v) is 19.1. The van der Waals surface area contributed by atoms with Crippen LogP contribution >= 0.6 is 0 Å². The van der Waals surface area contributed by atoms with Crippen molar-refractivity contribution in [2.24, 2.45) is 0 Å². The van der Waals surface area contributed by atoms with Crippen molar-refractivity contribution >= 4 is 55.4 Å². The third-order valence-corrected chi connectivity index (χ3v) is 7.62. The predicted molar refractivity (Wildman–Crippen MR) is 131 cm³/mol. The molecule has 0 bridgehead atoms. The minimum Gasteiger partial charge on any atom is -0.390 e. The van der Waals surface area contributed by atoms with Crippen LogP contribution in [0.5, 0.6) is 0 Å². The molecule has 3 N–H and O–H groups in total. The highest BCUT2D eigenvalue weighted by molar-refractivity contribution is 6.39. The lowest BCUT2D eigenvalue weighted by Gasteiger charge is -2.36. The molecule has 8 nitrogen and oxygen atoms in total. The quantitative estimate of drug-likeness (QED) is 0.325. The van der Waals surface area contributed by atoms with Crippen LogP contribution in [0.25, 0.3) is 43.6 Å². The minimum absolute atomic E-state index is 0.185. The molecule has 2 aliphatic heterocycles. The van der Waals surface area contributed by atoms with E-state index in [1.807, 2.05) is 53.1 Å². The predicted octanol–water partition coefficient (Wildman–Crippen LogP) is 3.68. The van der Waals surface area contributed by atoms with E-state index < -0.39 is 24.5 Å². The second-order valence-corrected chi connectivity index (χ2v) is 9.54. The highest BCUT2D eigenvalue weighted by Crippen LogP contribution is 2.46. The second-order valence-electron chi connectivity index (χ2n) is 9.54. The molecule has 7 rings (SSSR count). The van der Waals surface area contributed by atoms with Gasteiger partial charge in [-0.25, -0.2) is 0 Å². The third-order valence-electron chi connectivity index (χ3n) is 7.62. The number of ether oxygens (including phenoxy) is 1. The number of carbonyl (C=O) groups is 2. The van der Waals surface area contributed by atoms with E-state index in [2.05, 4.69) is 4.98 Å². The molecule has 4 unspecified atom stereocenters. The van der Waals surface area contributed by atoms with Gasteiger partial charge in [-0.05, 0) is 19.1 Å². The molecule has 5 aromatic rings. The zero-order chi connectivity index (χ0) is 24.2. The molecule has 0 aliphatic carbocycles. The number of fused-ring (bicyclic) bond motifs is 10. The highest BCUT2D eigenvalue weighted by Gasteiger charge is 2.41. The van der Waals surface area contributed by atoms with Gasteiger partial charge in [0.25, 0.3) is 11.8 Å². The summed E-state index contributed by atoms with van der Waals surface area (Å²) in [7, 11) is 1.51. The second kappa shape index (κ2) is 6.91. The number of hydrogen-bond donors (Lipinski definition) is 3. The number of amides is 2. The van der Waals surface area contributed by atoms with Gasteiger partial charge in [0.15, 0.2) is 0 Å². The van der Waals surface area contributed by atoms with Crippen molar-refractivity contribution < 1.29 is 24.5 Å². The van der Waals surface area contributed by atoms with Crippen LogP contribution in [-0.2, 0) is 4.74 Å². The average molecular weight is 469 g/mol. The maximum absolute atomic E-state index is 13.5. The van der Waals surface area contributed by atoms with Crippen molar-refractivity contribution in [1.82, 2.24) is 14.5 Å². The van der Waals surface area contributed by atoms with Gasteiger partial charge in [-0.3, -0.25) is 14.5 Å². The van der Waals surface area contributed by atoms with Crippen molar-refractivity contribution in [3.63, 3.8) is 0 Å². The van der Waals surface area contributed by atoms with Crippen molar-refractivity contribution in [2.45, 2.75) is 37.9 Å². The number of hydrogen-bond acceptors (Lipinski definition) is 5. The van der Waals surface area contributed by atoms with E-state index >= 15 is 0 Å². The molecule has 4 heterocycles. The Hall–Kier alpha value is -3.72. The molecule has 176 valence electrons. The van der Waals surface area contributed by atoms with Crippen LogP contribution in [-0.4, -0.2) is 61.8 Å². The number of imide groups is 1. The van der Waals surface area contributed by atoms with E-state index in [1.54, 1.807) is 6.92 Å². The lowest BCUT2D eigenvalue weighted by Crippen LogP contribution is -2.45. The number of benzene rings is 3. The van der Waals surface area contributed by atoms with Crippen LogP contribution in [0.15, 0.2) is 48.5 Å². The Kier molecular flexibility index (Phi) is 4.08. The smallest absolute Gasteiger partial charge is 0.262 e. The molecule has 0 saturated carbocycles. The topological polar surface area (TPSA) is 108 Å². The highest BCUT2D eigenvalue weighted by atomic mass is 16.5. The van der Waals surface area contributed by atoms with Gasteiger partial charge in [0, 0.05) is 40.5 Å². The molecule has 1 saturated heterocycles. The van der Waals surface area contributed by atoms with Gasteiger partial charge in [-0.1, -0.05) is 36.4 Å². The van der Waals surface area contributed by atoms with Gasteiger partial charge in [-0.2, -0.15) is 0 Å². The van der Waals surface area contributed by atoms with Crippen molar-refractivity contribution in [3.8, 4) is 0 Å². The molecular formula is C27H23N3O5. The first-order chi connectivity index (χ1) is 16.9. The zero-order valence-electron chi connectivity index (χ0n) is 19.1. The Morgan fingerprint density at radius 2 is 1.60 bits per heavy atom. The summed E-state index contributed by atoms with van der Waals surface area (Å²) in [4.78, 5) is 31.5. The standard InChI is InChI=1S/C27H23N3O5/c1-12-25(32)17(31)11-18(35-12)30-16-10-6-4-8-14(16)20-22-21(26(33)29(2)27(22)34)19-13-7-3-5-9-15(13)28-23(19)24(20)30/h3-10,12,17-18,25,28,31-32H,11H2,1-2H3. The van der Waals surface area contributed by atoms with E-state index in [1.165, 1.54) is 11.9 Å². The SMILES string of the molecule is CC1OC(n2c3ccccc3c3c4c(c5c6ccccc6[nH]c5c32)C(=O)N(C)C4=O)CC(O)C1O. The Bertz CT molecular complexity index is 1720. The van der Waals surface area contributed by atoms with Crippen LogP contribution in [0.4, 0.5) is 0 Å². The van der Waals surface area contributed by atoms with Gasteiger partial charge in [-0.15, -0.1) is 0 Å². The van der Waals surface area contributed by atoms with Gasteiger partial charge in [0.2, 0.25) is 0 Å². The van der Waals surface area contributed by atoms with E-state index in [0.29, 0.717) is 21.9 Å². The van der Waals surface area contributed by atoms with Crippen LogP contribution in [0, 0.1) is 0 Å². The Morgan fingerprint density at radius 3 is 2.34 bits per heavy atom. The molecule has 2 amide bonds. The number of aliphatic hydroxyl groups is 2. The monoisotopic (exact) mass is 469 g/mol. The molecule has 4 atom stereocenters. The van der Waals surface area contributed by atoms with Gasteiger partial charge in [0.05, 0.1) is 39.9 Å². The van der Waals surface area contributed by atoms with Gasteiger partial charge in [0.1, 0.15) is 12.3 Å². The summed E-state index contributed by atoms with van der Waals surface area (Å²) in [6, 6.07) is 15.4. The van der Waals surface area contributed by atoms with Crippen LogP contribution in [0.2, 0.25) is 0 Å². The fraction of sp³-hybridized carbons (Fsp3) is 0.259. The summed E-state index contributed by atoms with van der Waals surface area (Å²) in [6.07, 6.45) is -2.91. The number of aromatic amines is 1. The van der Waals surface area contributed by atoms with Crippen molar-refractivity contribution in [2.75, 3.05) is 7.05 Å². The number of nitrogens with zero attached hydrogens (tertiary/aromatic N) is 2. The molecule has 2 aliphatic rings. The normalized spacial score (nSPS) is 25.0. The molecule has 0 radical (unpaired) electrons. The summed E-state index contributed by atoms with van der Waals surface area (Å²) < 4.78 is 8.22. The van der Waals surface area contributed by atoms with Gasteiger partial charge < -0.3 is 24.5 Å². The number of aromatic nitrogens is 2. The van der Waals surface area contributed by atoms with Crippen LogP contribution in [0.1, 0.15) is 40.3 Å². The van der Waals surface area contributed by atoms with Crippen LogP contribution in [0.3, 0.4) is 0 Å². The van der Waals surface area contributed by atoms with E-state index in [9.17, 15) is 19.8 Å².